The summed E-state index contributed by atoms with van der Waals surface area (Å²) in [7, 11) is -2.15. The van der Waals surface area contributed by atoms with Gasteiger partial charge in [-0.2, -0.15) is 0 Å². The zero-order chi connectivity index (χ0) is 10.1. The molecule has 0 fully saturated rings. The molecule has 0 atom stereocenters. The minimum Gasteiger partial charge on any atom is -0.477 e. The van der Waals surface area contributed by atoms with Crippen molar-refractivity contribution in [3.8, 4) is 0 Å². The molecule has 0 aromatic carbocycles. The molecule has 0 unspecified atom stereocenters. The first kappa shape index (κ1) is 10.4. The highest BCUT2D eigenvalue weighted by Gasteiger charge is 2.14. The molecule has 0 bridgehead atoms. The van der Waals surface area contributed by atoms with Crippen LogP contribution in [0.5, 0.6) is 0 Å². The molecular formula is C7H10NO3PS. The van der Waals surface area contributed by atoms with Gasteiger partial charge in [0, 0.05) is 0 Å². The summed E-state index contributed by atoms with van der Waals surface area (Å²) < 4.78 is 11.4. The number of aromatic carboxylic acids is 1. The Kier molecular flexibility index (Phi) is 2.88. The number of carbonyl (C=O) groups is 1. The van der Waals surface area contributed by atoms with Crippen molar-refractivity contribution in [2.75, 3.05) is 13.3 Å². The smallest absolute Gasteiger partial charge is 0.347 e. The third kappa shape index (κ3) is 3.28. The maximum Gasteiger partial charge on any atom is 0.347 e. The van der Waals surface area contributed by atoms with Crippen LogP contribution in [0.1, 0.15) is 14.7 Å². The van der Waals surface area contributed by atoms with Crippen molar-refractivity contribution >= 4 is 24.4 Å². The molecule has 1 aromatic rings. The van der Waals surface area contributed by atoms with Crippen molar-refractivity contribution in [1.29, 1.82) is 0 Å². The van der Waals surface area contributed by atoms with Crippen LogP contribution >= 0.6 is 18.5 Å². The number of carboxylic acid groups (broad SMARTS) is 1. The number of aromatic nitrogens is 1. The summed E-state index contributed by atoms with van der Waals surface area (Å²) in [4.78, 5) is 14.6. The van der Waals surface area contributed by atoms with Crippen LogP contribution in [0.2, 0.25) is 0 Å². The highest BCUT2D eigenvalue weighted by atomic mass is 32.1. The van der Waals surface area contributed by atoms with Gasteiger partial charge in [-0.25, -0.2) is 9.78 Å². The van der Waals surface area contributed by atoms with Crippen LogP contribution < -0.4 is 0 Å². The van der Waals surface area contributed by atoms with E-state index in [0.29, 0.717) is 11.2 Å². The van der Waals surface area contributed by atoms with Gasteiger partial charge >= 0.3 is 5.97 Å². The van der Waals surface area contributed by atoms with Gasteiger partial charge in [-0.3, -0.25) is 0 Å². The third-order valence-corrected chi connectivity index (χ3v) is 3.54. The summed E-state index contributed by atoms with van der Waals surface area (Å²) in [5.41, 5.74) is 0. The molecule has 0 aliphatic rings. The average molecular weight is 219 g/mol. The molecule has 0 aliphatic carbocycles. The van der Waals surface area contributed by atoms with Crippen molar-refractivity contribution in [2.45, 2.75) is 6.16 Å². The molecule has 0 amide bonds. The number of carboxylic acids is 1. The van der Waals surface area contributed by atoms with Gasteiger partial charge in [0.05, 0.1) is 19.5 Å². The second-order valence-electron chi connectivity index (χ2n) is 3.16. The summed E-state index contributed by atoms with van der Waals surface area (Å²) in [6.07, 6.45) is 1.68. The van der Waals surface area contributed by atoms with E-state index >= 15 is 0 Å². The quantitative estimate of drug-likeness (QED) is 0.789. The predicted octanol–water partition coefficient (Wildman–Crippen LogP) is 1.96. The van der Waals surface area contributed by atoms with Gasteiger partial charge in [-0.05, 0) is 13.3 Å². The SMILES string of the molecule is CP(C)(=O)Cc1ncc(C(=O)O)s1. The van der Waals surface area contributed by atoms with E-state index in [-0.39, 0.29) is 4.88 Å². The van der Waals surface area contributed by atoms with Crippen LogP contribution in [0.3, 0.4) is 0 Å². The first-order valence-electron chi connectivity index (χ1n) is 3.60. The van der Waals surface area contributed by atoms with Crippen LogP contribution in [0, 0.1) is 0 Å². The molecule has 13 heavy (non-hydrogen) atoms. The van der Waals surface area contributed by atoms with E-state index < -0.39 is 13.1 Å². The molecule has 0 aliphatic heterocycles. The second kappa shape index (κ2) is 3.60. The molecule has 1 rings (SSSR count). The Morgan fingerprint density at radius 1 is 1.69 bits per heavy atom. The van der Waals surface area contributed by atoms with E-state index in [4.69, 9.17) is 5.11 Å². The van der Waals surface area contributed by atoms with E-state index in [2.05, 4.69) is 4.98 Å². The van der Waals surface area contributed by atoms with E-state index in [9.17, 15) is 9.36 Å². The number of thiazole rings is 1. The van der Waals surface area contributed by atoms with Crippen molar-refractivity contribution in [3.63, 3.8) is 0 Å². The molecule has 72 valence electrons. The minimum absolute atomic E-state index is 0.198. The first-order valence-corrected chi connectivity index (χ1v) is 7.21. The van der Waals surface area contributed by atoms with Gasteiger partial charge in [-0.1, -0.05) is 0 Å². The molecule has 1 heterocycles. The molecule has 0 spiro atoms. The average Bonchev–Trinajstić information content (AvgIpc) is 2.31. The van der Waals surface area contributed by atoms with E-state index in [1.807, 2.05) is 0 Å². The molecule has 0 saturated heterocycles. The maximum absolute atomic E-state index is 11.4. The summed E-state index contributed by atoms with van der Waals surface area (Å²) in [6, 6.07) is 0. The number of hydrogen-bond donors (Lipinski definition) is 1. The highest BCUT2D eigenvalue weighted by Crippen LogP contribution is 2.41. The Balaban J connectivity index is 2.81. The standard InChI is InChI=1S/C7H10NO3PS/c1-12(2,11)4-6-8-3-5(13-6)7(9)10/h3H,4H2,1-2H3,(H,9,10). The van der Waals surface area contributed by atoms with Crippen LogP contribution in [-0.4, -0.2) is 29.4 Å². The Hall–Kier alpha value is -0.670. The lowest BCUT2D eigenvalue weighted by atomic mass is 10.6. The number of hydrogen-bond acceptors (Lipinski definition) is 4. The van der Waals surface area contributed by atoms with Gasteiger partial charge in [0.1, 0.15) is 9.88 Å². The van der Waals surface area contributed by atoms with E-state index in [0.717, 1.165) is 11.3 Å². The van der Waals surface area contributed by atoms with Gasteiger partial charge in [-0.15, -0.1) is 11.3 Å². The minimum atomic E-state index is -2.15. The van der Waals surface area contributed by atoms with Crippen LogP contribution in [0.25, 0.3) is 0 Å². The molecule has 0 saturated carbocycles. The monoisotopic (exact) mass is 219 g/mol. The summed E-state index contributed by atoms with van der Waals surface area (Å²) in [5, 5.41) is 9.23. The maximum atomic E-state index is 11.4. The Morgan fingerprint density at radius 2 is 2.31 bits per heavy atom. The van der Waals surface area contributed by atoms with Crippen molar-refractivity contribution in [3.05, 3.63) is 16.1 Å². The summed E-state index contributed by atoms with van der Waals surface area (Å²) in [6.45, 7) is 3.32. The Labute approximate surface area is 80.0 Å². The van der Waals surface area contributed by atoms with Gasteiger partial charge in [0.15, 0.2) is 0 Å². The van der Waals surface area contributed by atoms with Crippen molar-refractivity contribution in [2.24, 2.45) is 0 Å². The predicted molar refractivity (Wildman–Crippen MR) is 52.2 cm³/mol. The zero-order valence-electron chi connectivity index (χ0n) is 7.35. The molecule has 6 heteroatoms. The Morgan fingerprint density at radius 3 is 2.69 bits per heavy atom. The number of nitrogens with zero attached hydrogens (tertiary/aromatic N) is 1. The van der Waals surface area contributed by atoms with Crippen LogP contribution in [0.15, 0.2) is 6.20 Å². The first-order chi connectivity index (χ1) is 5.88. The van der Waals surface area contributed by atoms with Crippen LogP contribution in [-0.2, 0) is 10.7 Å². The fraction of sp³-hybridized carbons (Fsp3) is 0.429. The molecule has 1 aromatic heterocycles. The summed E-state index contributed by atoms with van der Waals surface area (Å²) in [5.74, 6) is -0.981. The lowest BCUT2D eigenvalue weighted by Crippen LogP contribution is -1.89. The molecule has 1 N–H and O–H groups in total. The lowest BCUT2D eigenvalue weighted by molar-refractivity contribution is 0.0702. The van der Waals surface area contributed by atoms with Crippen molar-refractivity contribution < 1.29 is 14.5 Å². The fourth-order valence-corrected chi connectivity index (χ4v) is 3.28. The second-order valence-corrected chi connectivity index (χ2v) is 7.73. The summed E-state index contributed by atoms with van der Waals surface area (Å²) >= 11 is 1.08. The highest BCUT2D eigenvalue weighted by molar-refractivity contribution is 7.61. The van der Waals surface area contributed by atoms with Gasteiger partial charge < -0.3 is 9.67 Å². The molecule has 0 radical (unpaired) electrons. The van der Waals surface area contributed by atoms with Gasteiger partial charge in [0.2, 0.25) is 0 Å². The topological polar surface area (TPSA) is 67.3 Å². The van der Waals surface area contributed by atoms with E-state index in [1.165, 1.54) is 6.20 Å². The van der Waals surface area contributed by atoms with Crippen molar-refractivity contribution in [1.82, 2.24) is 4.98 Å². The fourth-order valence-electron chi connectivity index (χ4n) is 0.808. The van der Waals surface area contributed by atoms with Crippen LogP contribution in [0.4, 0.5) is 0 Å². The third-order valence-electron chi connectivity index (χ3n) is 1.28. The largest absolute Gasteiger partial charge is 0.477 e. The van der Waals surface area contributed by atoms with Gasteiger partial charge in [0.25, 0.3) is 0 Å². The molecular weight excluding hydrogens is 209 g/mol. The zero-order valence-corrected chi connectivity index (χ0v) is 9.06. The Bertz CT molecular complexity index is 368. The number of rotatable bonds is 3. The molecule has 4 nitrogen and oxygen atoms in total. The van der Waals surface area contributed by atoms with E-state index in [1.54, 1.807) is 13.3 Å². The normalized spacial score (nSPS) is 11.5. The lowest BCUT2D eigenvalue weighted by Gasteiger charge is -2.00.